The zero-order chi connectivity index (χ0) is 21.1. The lowest BCUT2D eigenvalue weighted by atomic mass is 10.1. The van der Waals surface area contributed by atoms with Crippen molar-refractivity contribution in [1.29, 1.82) is 0 Å². The minimum Gasteiger partial charge on any atom is -0.423 e. The van der Waals surface area contributed by atoms with Gasteiger partial charge in [0.25, 0.3) is 10.0 Å². The van der Waals surface area contributed by atoms with Crippen molar-refractivity contribution in [1.82, 2.24) is 0 Å². The third-order valence-corrected chi connectivity index (χ3v) is 6.08. The fourth-order valence-electron chi connectivity index (χ4n) is 3.09. The molecule has 0 amide bonds. The highest BCUT2D eigenvalue weighted by molar-refractivity contribution is 7.93. The Hall–Kier alpha value is -3.64. The van der Waals surface area contributed by atoms with Gasteiger partial charge in [-0.3, -0.25) is 4.72 Å². The monoisotopic (exact) mass is 417 g/mol. The van der Waals surface area contributed by atoms with Crippen LogP contribution in [0.2, 0.25) is 0 Å². The molecule has 150 valence electrons. The molecule has 5 nitrogen and oxygen atoms in total. The molecule has 0 heterocycles. The lowest BCUT2D eigenvalue weighted by Gasteiger charge is -2.11. The lowest BCUT2D eigenvalue weighted by Crippen LogP contribution is -2.13. The molecule has 6 heteroatoms. The van der Waals surface area contributed by atoms with Crippen molar-refractivity contribution < 1.29 is 17.9 Å². The quantitative estimate of drug-likeness (QED) is 0.359. The van der Waals surface area contributed by atoms with Crippen molar-refractivity contribution in [2.24, 2.45) is 0 Å². The summed E-state index contributed by atoms with van der Waals surface area (Å²) in [4.78, 5) is 12.4. The van der Waals surface area contributed by atoms with E-state index in [-0.39, 0.29) is 4.90 Å². The van der Waals surface area contributed by atoms with Crippen molar-refractivity contribution in [2.45, 2.75) is 11.8 Å². The first-order chi connectivity index (χ1) is 14.4. The summed E-state index contributed by atoms with van der Waals surface area (Å²) in [7, 11) is -3.78. The van der Waals surface area contributed by atoms with E-state index < -0.39 is 16.0 Å². The van der Waals surface area contributed by atoms with Crippen LogP contribution >= 0.6 is 0 Å². The molecule has 0 fully saturated rings. The SMILES string of the molecule is Cc1ccc(C(=O)Oc2ccc(NS(=O)(=O)c3cccc4ccccc34)cc2)cc1. The van der Waals surface area contributed by atoms with Gasteiger partial charge in [-0.15, -0.1) is 0 Å². The molecular formula is C24H19NO4S. The number of ether oxygens (including phenoxy) is 1. The van der Waals surface area contributed by atoms with Gasteiger partial charge in [-0.05, 0) is 54.8 Å². The maximum absolute atomic E-state index is 12.9. The van der Waals surface area contributed by atoms with Gasteiger partial charge >= 0.3 is 5.97 Å². The molecule has 4 aromatic rings. The van der Waals surface area contributed by atoms with E-state index in [2.05, 4.69) is 4.72 Å². The van der Waals surface area contributed by atoms with E-state index in [9.17, 15) is 13.2 Å². The highest BCUT2D eigenvalue weighted by atomic mass is 32.2. The standard InChI is InChI=1S/C24H19NO4S/c1-17-9-11-19(12-10-17)24(26)29-21-15-13-20(14-16-21)25-30(27,28)23-8-4-6-18-5-2-3-7-22(18)23/h2-16,25H,1H3. The first-order valence-corrected chi connectivity index (χ1v) is 10.8. The van der Waals surface area contributed by atoms with Crippen molar-refractivity contribution in [3.8, 4) is 5.75 Å². The highest BCUT2D eigenvalue weighted by Crippen LogP contribution is 2.26. The normalized spacial score (nSPS) is 11.2. The summed E-state index contributed by atoms with van der Waals surface area (Å²) in [5, 5.41) is 1.50. The number of benzene rings is 4. The molecule has 0 aliphatic carbocycles. The summed E-state index contributed by atoms with van der Waals surface area (Å²) in [5.41, 5.74) is 1.87. The van der Waals surface area contributed by atoms with Gasteiger partial charge < -0.3 is 4.74 Å². The minimum atomic E-state index is -3.78. The fraction of sp³-hybridized carbons (Fsp3) is 0.0417. The van der Waals surface area contributed by atoms with Crippen molar-refractivity contribution >= 4 is 32.5 Å². The molecule has 0 aliphatic rings. The van der Waals surface area contributed by atoms with Crippen LogP contribution in [0.3, 0.4) is 0 Å². The van der Waals surface area contributed by atoms with Crippen LogP contribution < -0.4 is 9.46 Å². The van der Waals surface area contributed by atoms with Gasteiger partial charge in [0.05, 0.1) is 10.5 Å². The van der Waals surface area contributed by atoms with Crippen molar-refractivity contribution in [3.63, 3.8) is 0 Å². The van der Waals surface area contributed by atoms with Gasteiger partial charge in [-0.1, -0.05) is 54.1 Å². The van der Waals surface area contributed by atoms with Crippen LogP contribution in [0, 0.1) is 6.92 Å². The Balaban J connectivity index is 1.51. The summed E-state index contributed by atoms with van der Waals surface area (Å²) < 4.78 is 33.7. The van der Waals surface area contributed by atoms with Crippen LogP contribution in [0.5, 0.6) is 5.75 Å². The molecule has 30 heavy (non-hydrogen) atoms. The molecule has 0 radical (unpaired) electrons. The van der Waals surface area contributed by atoms with Gasteiger partial charge in [0.1, 0.15) is 5.75 Å². The molecule has 0 aliphatic heterocycles. The number of aryl methyl sites for hydroxylation is 1. The first-order valence-electron chi connectivity index (χ1n) is 9.32. The number of rotatable bonds is 5. The number of esters is 1. The molecule has 0 aromatic heterocycles. The molecule has 0 atom stereocenters. The van der Waals surface area contributed by atoms with Crippen LogP contribution in [0.25, 0.3) is 10.8 Å². The second-order valence-electron chi connectivity index (χ2n) is 6.86. The largest absolute Gasteiger partial charge is 0.423 e. The third-order valence-electron chi connectivity index (χ3n) is 4.64. The highest BCUT2D eigenvalue weighted by Gasteiger charge is 2.17. The van der Waals surface area contributed by atoms with Gasteiger partial charge in [-0.2, -0.15) is 0 Å². The Labute approximate surface area is 175 Å². The Morgan fingerprint density at radius 2 is 1.47 bits per heavy atom. The van der Waals surface area contributed by atoms with Crippen LogP contribution in [0.15, 0.2) is 95.9 Å². The average Bonchev–Trinajstić information content (AvgIpc) is 2.75. The van der Waals surface area contributed by atoms with Crippen LogP contribution in [0.4, 0.5) is 5.69 Å². The van der Waals surface area contributed by atoms with E-state index in [1.807, 2.05) is 37.3 Å². The molecule has 0 unspecified atom stereocenters. The Morgan fingerprint density at radius 1 is 0.800 bits per heavy atom. The zero-order valence-electron chi connectivity index (χ0n) is 16.2. The summed E-state index contributed by atoms with van der Waals surface area (Å²) in [6, 6.07) is 25.7. The summed E-state index contributed by atoms with van der Waals surface area (Å²) in [6.45, 7) is 1.94. The number of sulfonamides is 1. The van der Waals surface area contributed by atoms with Crippen molar-refractivity contribution in [2.75, 3.05) is 4.72 Å². The van der Waals surface area contributed by atoms with E-state index in [1.54, 1.807) is 60.7 Å². The van der Waals surface area contributed by atoms with Crippen LogP contribution in [-0.4, -0.2) is 14.4 Å². The number of hydrogen-bond donors (Lipinski definition) is 1. The van der Waals surface area contributed by atoms with Crippen molar-refractivity contribution in [3.05, 3.63) is 102 Å². The van der Waals surface area contributed by atoms with Gasteiger partial charge in [0.2, 0.25) is 0 Å². The second-order valence-corrected chi connectivity index (χ2v) is 8.51. The van der Waals surface area contributed by atoms with E-state index in [4.69, 9.17) is 4.74 Å². The summed E-state index contributed by atoms with van der Waals surface area (Å²) in [6.07, 6.45) is 0. The topological polar surface area (TPSA) is 72.5 Å². The fourth-order valence-corrected chi connectivity index (χ4v) is 4.38. The number of fused-ring (bicyclic) bond motifs is 1. The van der Waals surface area contributed by atoms with Gasteiger partial charge in [-0.25, -0.2) is 13.2 Å². The maximum atomic E-state index is 12.9. The molecule has 0 saturated carbocycles. The predicted molar refractivity (Wildman–Crippen MR) is 117 cm³/mol. The summed E-state index contributed by atoms with van der Waals surface area (Å²) in [5.74, 6) is -0.146. The first kappa shape index (κ1) is 19.7. The van der Waals surface area contributed by atoms with Gasteiger partial charge in [0.15, 0.2) is 0 Å². The molecule has 1 N–H and O–H groups in total. The molecule has 0 bridgehead atoms. The van der Waals surface area contributed by atoms with Gasteiger partial charge in [0, 0.05) is 11.1 Å². The number of carbonyl (C=O) groups excluding carboxylic acids is 1. The molecule has 0 spiro atoms. The molecule has 0 saturated heterocycles. The number of carbonyl (C=O) groups is 1. The molecule has 4 aromatic carbocycles. The third kappa shape index (κ3) is 4.18. The van der Waals surface area contributed by atoms with E-state index >= 15 is 0 Å². The van der Waals surface area contributed by atoms with Crippen LogP contribution in [-0.2, 0) is 10.0 Å². The predicted octanol–water partition coefficient (Wildman–Crippen LogP) is 5.17. The van der Waals surface area contributed by atoms with E-state index in [0.29, 0.717) is 22.4 Å². The number of anilines is 1. The lowest BCUT2D eigenvalue weighted by molar-refractivity contribution is 0.0734. The smallest absolute Gasteiger partial charge is 0.343 e. The number of nitrogens with one attached hydrogen (secondary N) is 1. The van der Waals surface area contributed by atoms with Crippen LogP contribution in [0.1, 0.15) is 15.9 Å². The Kier molecular flexibility index (Phi) is 5.25. The number of hydrogen-bond acceptors (Lipinski definition) is 4. The Morgan fingerprint density at radius 3 is 2.20 bits per heavy atom. The Bertz CT molecular complexity index is 1310. The van der Waals surface area contributed by atoms with E-state index in [0.717, 1.165) is 10.9 Å². The molecule has 4 rings (SSSR count). The molecular weight excluding hydrogens is 398 g/mol. The minimum absolute atomic E-state index is 0.204. The maximum Gasteiger partial charge on any atom is 0.343 e. The average molecular weight is 417 g/mol. The van der Waals surface area contributed by atoms with E-state index in [1.165, 1.54) is 0 Å². The summed E-state index contributed by atoms with van der Waals surface area (Å²) >= 11 is 0. The second kappa shape index (κ2) is 8.00. The zero-order valence-corrected chi connectivity index (χ0v) is 17.0.